The Kier molecular flexibility index (Phi) is 2.44. The maximum Gasteiger partial charge on any atom is 0.338 e. The highest BCUT2D eigenvalue weighted by Gasteiger charge is 2.11. The Bertz CT molecular complexity index is 546. The van der Waals surface area contributed by atoms with Gasteiger partial charge >= 0.3 is 5.97 Å². The number of hydrogen-bond acceptors (Lipinski definition) is 2. The van der Waals surface area contributed by atoms with Gasteiger partial charge < -0.3 is 9.52 Å². The Hall–Kier alpha value is -2.17. The second-order valence-electron chi connectivity index (χ2n) is 3.13. The third-order valence-electron chi connectivity index (χ3n) is 2.05. The van der Waals surface area contributed by atoms with E-state index in [0.717, 1.165) is 18.4 Å². The summed E-state index contributed by atoms with van der Waals surface area (Å²) in [5.41, 5.74) is 0.242. The normalized spacial score (nSPS) is 10.4. The highest BCUT2D eigenvalue weighted by atomic mass is 19.2. The molecule has 0 radical (unpaired) electrons. The van der Waals surface area contributed by atoms with Crippen molar-refractivity contribution in [2.24, 2.45) is 0 Å². The summed E-state index contributed by atoms with van der Waals surface area (Å²) >= 11 is 0. The standard InChI is InChI=1S/C11H6F2O3/c12-8-2-1-6(3-9(8)13)10-4-7(5-16-10)11(14)15/h1-5H,(H,14,15). The van der Waals surface area contributed by atoms with Crippen molar-refractivity contribution in [1.82, 2.24) is 0 Å². The van der Waals surface area contributed by atoms with Crippen molar-refractivity contribution in [2.75, 3.05) is 0 Å². The van der Waals surface area contributed by atoms with E-state index in [0.29, 0.717) is 0 Å². The van der Waals surface area contributed by atoms with E-state index in [1.807, 2.05) is 0 Å². The number of hydrogen-bond donors (Lipinski definition) is 1. The van der Waals surface area contributed by atoms with Crippen molar-refractivity contribution in [3.8, 4) is 11.3 Å². The van der Waals surface area contributed by atoms with Crippen LogP contribution in [0, 0.1) is 11.6 Å². The smallest absolute Gasteiger partial charge is 0.338 e. The Balaban J connectivity index is 2.42. The highest BCUT2D eigenvalue weighted by molar-refractivity contribution is 5.88. The van der Waals surface area contributed by atoms with Crippen molar-refractivity contribution >= 4 is 5.97 Å². The first kappa shape index (κ1) is 10.4. The van der Waals surface area contributed by atoms with Crippen LogP contribution >= 0.6 is 0 Å². The average molecular weight is 224 g/mol. The zero-order valence-electron chi connectivity index (χ0n) is 7.91. The summed E-state index contributed by atoms with van der Waals surface area (Å²) < 4.78 is 30.5. The van der Waals surface area contributed by atoms with Crippen LogP contribution < -0.4 is 0 Å². The van der Waals surface area contributed by atoms with Gasteiger partial charge in [0.1, 0.15) is 12.0 Å². The summed E-state index contributed by atoms with van der Waals surface area (Å²) in [6.45, 7) is 0. The van der Waals surface area contributed by atoms with E-state index in [-0.39, 0.29) is 16.9 Å². The highest BCUT2D eigenvalue weighted by Crippen LogP contribution is 2.23. The van der Waals surface area contributed by atoms with Gasteiger partial charge in [-0.2, -0.15) is 0 Å². The monoisotopic (exact) mass is 224 g/mol. The van der Waals surface area contributed by atoms with Crippen molar-refractivity contribution in [2.45, 2.75) is 0 Å². The molecular formula is C11H6F2O3. The van der Waals surface area contributed by atoms with Crippen LogP contribution in [-0.4, -0.2) is 11.1 Å². The van der Waals surface area contributed by atoms with E-state index in [1.165, 1.54) is 12.1 Å². The second kappa shape index (κ2) is 3.77. The molecule has 1 aromatic heterocycles. The molecule has 2 rings (SSSR count). The number of benzene rings is 1. The molecule has 0 bridgehead atoms. The topological polar surface area (TPSA) is 50.4 Å². The number of furan rings is 1. The molecule has 3 nitrogen and oxygen atoms in total. The lowest BCUT2D eigenvalue weighted by Gasteiger charge is -1.97. The quantitative estimate of drug-likeness (QED) is 0.853. The van der Waals surface area contributed by atoms with Crippen molar-refractivity contribution in [3.63, 3.8) is 0 Å². The molecule has 0 aliphatic rings. The van der Waals surface area contributed by atoms with Crippen LogP contribution in [0.4, 0.5) is 8.78 Å². The van der Waals surface area contributed by atoms with Gasteiger partial charge in [0.05, 0.1) is 5.56 Å². The van der Waals surface area contributed by atoms with E-state index in [4.69, 9.17) is 9.52 Å². The third kappa shape index (κ3) is 1.79. The van der Waals surface area contributed by atoms with E-state index >= 15 is 0 Å². The van der Waals surface area contributed by atoms with Crippen molar-refractivity contribution in [3.05, 3.63) is 47.7 Å². The predicted molar refractivity (Wildman–Crippen MR) is 51.0 cm³/mol. The fourth-order valence-corrected chi connectivity index (χ4v) is 1.25. The maximum absolute atomic E-state index is 12.9. The largest absolute Gasteiger partial charge is 0.478 e. The molecule has 0 aliphatic heterocycles. The maximum atomic E-state index is 12.9. The molecule has 1 aromatic carbocycles. The van der Waals surface area contributed by atoms with Crippen LogP contribution in [0.1, 0.15) is 10.4 Å². The number of aromatic carboxylic acids is 1. The fourth-order valence-electron chi connectivity index (χ4n) is 1.25. The molecule has 0 saturated heterocycles. The number of halogens is 2. The van der Waals surface area contributed by atoms with Crippen molar-refractivity contribution in [1.29, 1.82) is 0 Å². The minimum atomic E-state index is -1.14. The van der Waals surface area contributed by atoms with Crippen LogP contribution in [0.3, 0.4) is 0 Å². The lowest BCUT2D eigenvalue weighted by atomic mass is 10.1. The van der Waals surface area contributed by atoms with Gasteiger partial charge in [-0.05, 0) is 24.3 Å². The first-order chi connectivity index (χ1) is 7.58. The molecule has 82 valence electrons. The number of carboxylic acid groups (broad SMARTS) is 1. The molecule has 0 fully saturated rings. The second-order valence-corrected chi connectivity index (χ2v) is 3.13. The Morgan fingerprint density at radius 1 is 1.19 bits per heavy atom. The van der Waals surface area contributed by atoms with Crippen LogP contribution in [0.2, 0.25) is 0 Å². The summed E-state index contributed by atoms with van der Waals surface area (Å²) in [6.07, 6.45) is 1.04. The van der Waals surface area contributed by atoms with Crippen LogP contribution in [-0.2, 0) is 0 Å². The molecule has 2 aromatic rings. The SMILES string of the molecule is O=C(O)c1coc(-c2ccc(F)c(F)c2)c1. The van der Waals surface area contributed by atoms with Gasteiger partial charge in [-0.15, -0.1) is 0 Å². The van der Waals surface area contributed by atoms with Gasteiger partial charge in [0, 0.05) is 5.56 Å². The molecule has 0 amide bonds. The van der Waals surface area contributed by atoms with E-state index in [2.05, 4.69) is 0 Å². The van der Waals surface area contributed by atoms with E-state index in [9.17, 15) is 13.6 Å². The van der Waals surface area contributed by atoms with Crippen LogP contribution in [0.25, 0.3) is 11.3 Å². The van der Waals surface area contributed by atoms with Gasteiger partial charge in [-0.25, -0.2) is 13.6 Å². The molecular weight excluding hydrogens is 218 g/mol. The van der Waals surface area contributed by atoms with E-state index in [1.54, 1.807) is 0 Å². The summed E-state index contributed by atoms with van der Waals surface area (Å²) in [6, 6.07) is 4.45. The van der Waals surface area contributed by atoms with Gasteiger partial charge in [0.25, 0.3) is 0 Å². The summed E-state index contributed by atoms with van der Waals surface area (Å²) in [5.74, 6) is -2.94. The molecule has 5 heteroatoms. The molecule has 0 atom stereocenters. The zero-order chi connectivity index (χ0) is 11.7. The Morgan fingerprint density at radius 2 is 1.94 bits per heavy atom. The zero-order valence-corrected chi connectivity index (χ0v) is 7.91. The lowest BCUT2D eigenvalue weighted by molar-refractivity contribution is 0.0696. The molecule has 1 N–H and O–H groups in total. The van der Waals surface area contributed by atoms with Crippen LogP contribution in [0.15, 0.2) is 34.9 Å². The Labute approximate surface area is 88.9 Å². The minimum Gasteiger partial charge on any atom is -0.478 e. The lowest BCUT2D eigenvalue weighted by Crippen LogP contribution is -1.91. The summed E-state index contributed by atoms with van der Waals surface area (Å²) in [4.78, 5) is 10.6. The third-order valence-corrected chi connectivity index (χ3v) is 2.05. The first-order valence-electron chi connectivity index (χ1n) is 4.35. The number of carboxylic acids is 1. The van der Waals surface area contributed by atoms with Gasteiger partial charge in [0.2, 0.25) is 0 Å². The Morgan fingerprint density at radius 3 is 2.50 bits per heavy atom. The predicted octanol–water partition coefficient (Wildman–Crippen LogP) is 2.92. The van der Waals surface area contributed by atoms with Gasteiger partial charge in [-0.3, -0.25) is 0 Å². The molecule has 1 heterocycles. The van der Waals surface area contributed by atoms with Gasteiger partial charge in [0.15, 0.2) is 11.6 Å². The number of carbonyl (C=O) groups is 1. The van der Waals surface area contributed by atoms with Gasteiger partial charge in [-0.1, -0.05) is 0 Å². The van der Waals surface area contributed by atoms with Crippen molar-refractivity contribution < 1.29 is 23.1 Å². The minimum absolute atomic E-state index is 0.0419. The average Bonchev–Trinajstić information content (AvgIpc) is 2.71. The fraction of sp³-hybridized carbons (Fsp3) is 0. The first-order valence-corrected chi connectivity index (χ1v) is 4.35. The summed E-state index contributed by atoms with van der Waals surface area (Å²) in [7, 11) is 0. The molecule has 0 unspecified atom stereocenters. The van der Waals surface area contributed by atoms with Crippen LogP contribution in [0.5, 0.6) is 0 Å². The molecule has 16 heavy (non-hydrogen) atoms. The van der Waals surface area contributed by atoms with E-state index < -0.39 is 17.6 Å². The molecule has 0 spiro atoms. The molecule has 0 aliphatic carbocycles. The number of rotatable bonds is 2. The molecule has 0 saturated carbocycles. The summed E-state index contributed by atoms with van der Waals surface area (Å²) in [5, 5.41) is 8.65.